The Kier molecular flexibility index (Phi) is 5.11. The molecular weight excluding hydrogens is 399 g/mol. The molecule has 2 atom stereocenters. The summed E-state index contributed by atoms with van der Waals surface area (Å²) in [4.78, 5) is 27.8. The lowest BCUT2D eigenvalue weighted by atomic mass is 9.89. The van der Waals surface area contributed by atoms with E-state index in [1.165, 1.54) is 22.6 Å². The van der Waals surface area contributed by atoms with Gasteiger partial charge in [0, 0.05) is 36.7 Å². The minimum atomic E-state index is -0.207. The first-order valence-electron chi connectivity index (χ1n) is 10.8. The molecule has 0 unspecified atom stereocenters. The molecular formula is C23H27FN4OS. The van der Waals surface area contributed by atoms with Gasteiger partial charge in [0.1, 0.15) is 16.5 Å². The number of nitrogens with one attached hydrogen (secondary N) is 1. The molecule has 1 aliphatic heterocycles. The highest BCUT2D eigenvalue weighted by atomic mass is 32.1. The number of H-pyrrole nitrogens is 1. The third-order valence-electron chi connectivity index (χ3n) is 6.63. The van der Waals surface area contributed by atoms with Crippen LogP contribution in [-0.4, -0.2) is 41.0 Å². The molecule has 0 radical (unpaired) electrons. The number of benzene rings is 1. The normalized spacial score (nSPS) is 21.0. The van der Waals surface area contributed by atoms with Crippen LogP contribution in [0.25, 0.3) is 10.2 Å². The number of thiophene rings is 1. The van der Waals surface area contributed by atoms with Crippen molar-refractivity contribution in [1.29, 1.82) is 0 Å². The van der Waals surface area contributed by atoms with E-state index in [0.717, 1.165) is 67.2 Å². The molecule has 3 aromatic rings. The van der Waals surface area contributed by atoms with E-state index in [0.29, 0.717) is 5.92 Å². The number of fused-ring (bicyclic) bond motifs is 3. The zero-order valence-corrected chi connectivity index (χ0v) is 18.3. The fourth-order valence-corrected chi connectivity index (χ4v) is 6.15. The largest absolute Gasteiger partial charge is 0.369 e. The van der Waals surface area contributed by atoms with Crippen molar-refractivity contribution in [3.63, 3.8) is 0 Å². The van der Waals surface area contributed by atoms with Crippen LogP contribution < -0.4 is 10.5 Å². The van der Waals surface area contributed by atoms with Crippen LogP contribution in [0.2, 0.25) is 0 Å². The summed E-state index contributed by atoms with van der Waals surface area (Å²) in [5, 5.41) is 0.818. The summed E-state index contributed by atoms with van der Waals surface area (Å²) in [6.07, 6.45) is 3.20. The van der Waals surface area contributed by atoms with Gasteiger partial charge in [-0.05, 0) is 61.9 Å². The molecule has 30 heavy (non-hydrogen) atoms. The van der Waals surface area contributed by atoms with E-state index in [-0.39, 0.29) is 17.4 Å². The number of aromatic nitrogens is 2. The van der Waals surface area contributed by atoms with Crippen LogP contribution in [0, 0.1) is 11.7 Å². The van der Waals surface area contributed by atoms with Gasteiger partial charge in [0.2, 0.25) is 0 Å². The molecule has 1 fully saturated rings. The summed E-state index contributed by atoms with van der Waals surface area (Å²) in [6, 6.07) is 6.74. The Morgan fingerprint density at radius 2 is 1.93 bits per heavy atom. The predicted molar refractivity (Wildman–Crippen MR) is 120 cm³/mol. The standard InChI is InChI=1S/C23H27FN4OS/c1-14-3-8-18-19(13-14)30-23-20(18)22(29)25-21(26-23)15(2)27-9-11-28(12-10-27)17-6-4-16(24)5-7-17/h4-7,14-15H,3,8-13H2,1-2H3,(H,25,26,29)/t14-,15-/m0/s1. The van der Waals surface area contributed by atoms with Crippen molar-refractivity contribution in [3.05, 3.63) is 56.7 Å². The number of piperazine rings is 1. The fourth-order valence-electron chi connectivity index (χ4n) is 4.76. The third kappa shape index (κ3) is 3.54. The van der Waals surface area contributed by atoms with Gasteiger partial charge in [0.25, 0.3) is 5.56 Å². The average Bonchev–Trinajstić information content (AvgIpc) is 3.11. The summed E-state index contributed by atoms with van der Waals surface area (Å²) < 4.78 is 13.2. The molecule has 1 aromatic carbocycles. The van der Waals surface area contributed by atoms with Gasteiger partial charge >= 0.3 is 0 Å². The number of aromatic amines is 1. The van der Waals surface area contributed by atoms with E-state index in [4.69, 9.17) is 4.98 Å². The molecule has 7 heteroatoms. The van der Waals surface area contributed by atoms with Crippen molar-refractivity contribution in [1.82, 2.24) is 14.9 Å². The van der Waals surface area contributed by atoms with Gasteiger partial charge in [-0.1, -0.05) is 6.92 Å². The van der Waals surface area contributed by atoms with Gasteiger partial charge in [-0.15, -0.1) is 11.3 Å². The maximum atomic E-state index is 13.2. The maximum absolute atomic E-state index is 13.2. The lowest BCUT2D eigenvalue weighted by Gasteiger charge is -2.38. The highest BCUT2D eigenvalue weighted by molar-refractivity contribution is 7.18. The molecule has 2 aliphatic rings. The summed E-state index contributed by atoms with van der Waals surface area (Å²) >= 11 is 1.71. The molecule has 1 saturated heterocycles. The van der Waals surface area contributed by atoms with Crippen molar-refractivity contribution in [3.8, 4) is 0 Å². The van der Waals surface area contributed by atoms with Crippen LogP contribution in [0.5, 0.6) is 0 Å². The highest BCUT2D eigenvalue weighted by Gasteiger charge is 2.27. The molecule has 158 valence electrons. The molecule has 0 saturated carbocycles. The van der Waals surface area contributed by atoms with Crippen molar-refractivity contribution < 1.29 is 4.39 Å². The zero-order chi connectivity index (χ0) is 20.8. The van der Waals surface area contributed by atoms with Crippen LogP contribution in [0.1, 0.15) is 42.6 Å². The molecule has 3 heterocycles. The van der Waals surface area contributed by atoms with E-state index in [9.17, 15) is 9.18 Å². The number of nitrogens with zero attached hydrogens (tertiary/aromatic N) is 3. The van der Waals surface area contributed by atoms with Gasteiger partial charge in [-0.3, -0.25) is 9.69 Å². The summed E-state index contributed by atoms with van der Waals surface area (Å²) in [6.45, 7) is 7.89. The minimum Gasteiger partial charge on any atom is -0.369 e. The number of rotatable bonds is 3. The number of anilines is 1. The Morgan fingerprint density at radius 3 is 2.67 bits per heavy atom. The van der Waals surface area contributed by atoms with E-state index in [2.05, 4.69) is 28.6 Å². The molecule has 1 aliphatic carbocycles. The first-order valence-corrected chi connectivity index (χ1v) is 11.6. The Hall–Kier alpha value is -2.25. The zero-order valence-electron chi connectivity index (χ0n) is 17.4. The third-order valence-corrected chi connectivity index (χ3v) is 7.78. The Bertz CT molecular complexity index is 1110. The van der Waals surface area contributed by atoms with E-state index in [1.54, 1.807) is 11.3 Å². The smallest absolute Gasteiger partial charge is 0.259 e. The monoisotopic (exact) mass is 426 g/mol. The van der Waals surface area contributed by atoms with Gasteiger partial charge < -0.3 is 9.88 Å². The Morgan fingerprint density at radius 1 is 1.20 bits per heavy atom. The summed E-state index contributed by atoms with van der Waals surface area (Å²) in [5.41, 5.74) is 2.29. The summed E-state index contributed by atoms with van der Waals surface area (Å²) in [5.74, 6) is 1.23. The van der Waals surface area contributed by atoms with E-state index in [1.807, 2.05) is 12.1 Å². The SMILES string of the molecule is C[C@H]1CCc2c(sc3nc([C@H](C)N4CCN(c5ccc(F)cc5)CC4)[nH]c(=O)c23)C1. The minimum absolute atomic E-state index is 0.0128. The number of aryl methyl sites for hydroxylation is 1. The topological polar surface area (TPSA) is 52.2 Å². The molecule has 2 aromatic heterocycles. The summed E-state index contributed by atoms with van der Waals surface area (Å²) in [7, 11) is 0. The van der Waals surface area contributed by atoms with Crippen molar-refractivity contribution in [2.45, 2.75) is 39.2 Å². The number of hydrogen-bond donors (Lipinski definition) is 1. The fraction of sp³-hybridized carbons (Fsp3) is 0.478. The molecule has 5 nitrogen and oxygen atoms in total. The van der Waals surface area contributed by atoms with Crippen LogP contribution in [0.15, 0.2) is 29.1 Å². The molecule has 5 rings (SSSR count). The van der Waals surface area contributed by atoms with Crippen molar-refractivity contribution in [2.24, 2.45) is 5.92 Å². The van der Waals surface area contributed by atoms with Gasteiger partial charge in [0.05, 0.1) is 11.4 Å². The second-order valence-corrected chi connectivity index (χ2v) is 9.74. The average molecular weight is 427 g/mol. The maximum Gasteiger partial charge on any atom is 0.259 e. The van der Waals surface area contributed by atoms with Gasteiger partial charge in [-0.2, -0.15) is 0 Å². The number of halogens is 1. The first kappa shape index (κ1) is 19.7. The van der Waals surface area contributed by atoms with Crippen molar-refractivity contribution >= 4 is 27.2 Å². The Labute approximate surface area is 179 Å². The van der Waals surface area contributed by atoms with Gasteiger partial charge in [-0.25, -0.2) is 9.37 Å². The van der Waals surface area contributed by atoms with E-state index < -0.39 is 0 Å². The van der Waals surface area contributed by atoms with Crippen LogP contribution in [0.3, 0.4) is 0 Å². The van der Waals surface area contributed by atoms with Crippen molar-refractivity contribution in [2.75, 3.05) is 31.1 Å². The van der Waals surface area contributed by atoms with Crippen LogP contribution >= 0.6 is 11.3 Å². The Balaban J connectivity index is 1.34. The molecule has 0 spiro atoms. The molecule has 0 amide bonds. The van der Waals surface area contributed by atoms with Crippen LogP contribution in [0.4, 0.5) is 10.1 Å². The lowest BCUT2D eigenvalue weighted by Crippen LogP contribution is -2.47. The second-order valence-electron chi connectivity index (χ2n) is 8.66. The quantitative estimate of drug-likeness (QED) is 0.684. The lowest BCUT2D eigenvalue weighted by molar-refractivity contribution is 0.192. The van der Waals surface area contributed by atoms with Gasteiger partial charge in [0.15, 0.2) is 0 Å². The molecule has 1 N–H and O–H groups in total. The van der Waals surface area contributed by atoms with E-state index >= 15 is 0 Å². The number of hydrogen-bond acceptors (Lipinski definition) is 5. The highest BCUT2D eigenvalue weighted by Crippen LogP contribution is 2.36. The molecule has 0 bridgehead atoms. The van der Waals surface area contributed by atoms with Crippen LogP contribution in [-0.2, 0) is 12.8 Å². The predicted octanol–water partition coefficient (Wildman–Crippen LogP) is 4.13. The first-order chi connectivity index (χ1) is 14.5. The second kappa shape index (κ2) is 7.78.